The van der Waals surface area contributed by atoms with Gasteiger partial charge >= 0.3 is 0 Å². The van der Waals surface area contributed by atoms with Crippen molar-refractivity contribution in [1.82, 2.24) is 29.7 Å². The molecule has 11 heteroatoms. The Balaban J connectivity index is 1.34. The molecule has 0 aliphatic heterocycles. The van der Waals surface area contributed by atoms with Crippen LogP contribution >= 0.6 is 23.1 Å². The number of rotatable bonds is 5. The first-order valence-electron chi connectivity index (χ1n) is 10.2. The minimum Gasteiger partial charge on any atom is -0.464 e. The van der Waals surface area contributed by atoms with Crippen LogP contribution in [0.4, 0.5) is 4.39 Å². The second-order valence-electron chi connectivity index (χ2n) is 7.47. The van der Waals surface area contributed by atoms with Crippen LogP contribution in [-0.4, -0.2) is 29.7 Å². The number of thioether (sulfide) groups is 1. The molecule has 6 rings (SSSR count). The minimum atomic E-state index is -0.319. The molecule has 0 saturated heterocycles. The molecule has 34 heavy (non-hydrogen) atoms. The fraction of sp³-hybridized carbons (Fsp3) is 0.0870. The first-order valence-corrected chi connectivity index (χ1v) is 12.0. The molecule has 0 aliphatic rings. The molecule has 5 heterocycles. The summed E-state index contributed by atoms with van der Waals surface area (Å²) < 4.78 is 20.4. The predicted molar refractivity (Wildman–Crippen MR) is 129 cm³/mol. The van der Waals surface area contributed by atoms with Crippen LogP contribution in [0.25, 0.3) is 38.3 Å². The van der Waals surface area contributed by atoms with Crippen molar-refractivity contribution in [3.8, 4) is 17.0 Å². The second-order valence-corrected chi connectivity index (χ2v) is 9.65. The Morgan fingerprint density at radius 2 is 2.06 bits per heavy atom. The fourth-order valence-electron chi connectivity index (χ4n) is 3.68. The van der Waals surface area contributed by atoms with Gasteiger partial charge in [0.1, 0.15) is 33.6 Å². The van der Waals surface area contributed by atoms with E-state index in [0.29, 0.717) is 38.2 Å². The maximum atomic E-state index is 13.3. The number of hydrogen-bond acceptors (Lipinski definition) is 8. The van der Waals surface area contributed by atoms with Crippen molar-refractivity contribution >= 4 is 44.3 Å². The van der Waals surface area contributed by atoms with Gasteiger partial charge in [0.15, 0.2) is 5.65 Å². The first kappa shape index (κ1) is 20.8. The number of halogens is 1. The number of fused-ring (bicyclic) bond motifs is 2. The number of benzene rings is 1. The van der Waals surface area contributed by atoms with Gasteiger partial charge in [0.25, 0.3) is 5.56 Å². The zero-order valence-electron chi connectivity index (χ0n) is 17.6. The molecule has 0 radical (unpaired) electrons. The van der Waals surface area contributed by atoms with Gasteiger partial charge in [-0.2, -0.15) is 5.10 Å². The average molecular weight is 491 g/mol. The lowest BCUT2D eigenvalue weighted by molar-refractivity contribution is 0.583. The van der Waals surface area contributed by atoms with E-state index in [1.807, 2.05) is 18.4 Å². The lowest BCUT2D eigenvalue weighted by atomic mass is 10.2. The highest BCUT2D eigenvalue weighted by Crippen LogP contribution is 2.37. The molecular formula is C23H15FN6O2S2. The molecule has 8 nitrogen and oxygen atoms in total. The van der Waals surface area contributed by atoms with E-state index < -0.39 is 0 Å². The standard InChI is InChI=1S/C23H15FN6O2S2/c1-12(19-28-21(31)18-16(10-33-23(18)29-19)17-3-2-8-32-17)34-22-15-9-27-30(20(15)25-11-26-22)14-6-4-13(24)5-7-14/h2-12H,1H3,(H,28,29,31). The average Bonchev–Trinajstić information content (AvgIpc) is 3.59. The molecular weight excluding hydrogens is 475 g/mol. The topological polar surface area (TPSA) is 102 Å². The maximum Gasteiger partial charge on any atom is 0.260 e. The summed E-state index contributed by atoms with van der Waals surface area (Å²) in [7, 11) is 0. The van der Waals surface area contributed by atoms with Gasteiger partial charge < -0.3 is 9.40 Å². The summed E-state index contributed by atoms with van der Waals surface area (Å²) in [5, 5.41) is 8.08. The monoisotopic (exact) mass is 490 g/mol. The summed E-state index contributed by atoms with van der Waals surface area (Å²) in [5.74, 6) is 0.865. The van der Waals surface area contributed by atoms with Gasteiger partial charge in [-0.3, -0.25) is 4.79 Å². The number of thiophene rings is 1. The Labute approximate surface area is 199 Å². The lowest BCUT2D eigenvalue weighted by Gasteiger charge is -2.10. The molecule has 1 atom stereocenters. The number of nitrogens with one attached hydrogen (secondary N) is 1. The predicted octanol–water partition coefficient (Wildman–Crippen LogP) is 5.37. The van der Waals surface area contributed by atoms with Crippen molar-refractivity contribution in [1.29, 1.82) is 0 Å². The van der Waals surface area contributed by atoms with Crippen LogP contribution in [0.3, 0.4) is 0 Å². The third-order valence-corrected chi connectivity index (χ3v) is 7.32. The molecule has 0 fully saturated rings. The minimum absolute atomic E-state index is 0.196. The molecule has 1 aromatic carbocycles. The molecule has 168 valence electrons. The summed E-state index contributed by atoms with van der Waals surface area (Å²) in [6.45, 7) is 1.95. The van der Waals surface area contributed by atoms with Gasteiger partial charge in [-0.15, -0.1) is 11.3 Å². The molecule has 5 aromatic heterocycles. The van der Waals surface area contributed by atoms with E-state index in [1.54, 1.807) is 35.3 Å². The van der Waals surface area contributed by atoms with Crippen molar-refractivity contribution in [2.75, 3.05) is 0 Å². The van der Waals surface area contributed by atoms with Crippen LogP contribution in [-0.2, 0) is 0 Å². The van der Waals surface area contributed by atoms with E-state index >= 15 is 0 Å². The fourth-order valence-corrected chi connectivity index (χ4v) is 5.55. The Hall–Kier alpha value is -3.83. The third kappa shape index (κ3) is 3.49. The second kappa shape index (κ2) is 8.19. The summed E-state index contributed by atoms with van der Waals surface area (Å²) >= 11 is 2.85. The van der Waals surface area contributed by atoms with Crippen LogP contribution in [0.5, 0.6) is 0 Å². The van der Waals surface area contributed by atoms with E-state index in [0.717, 1.165) is 10.9 Å². The Kier molecular flexibility index (Phi) is 5.00. The van der Waals surface area contributed by atoms with Gasteiger partial charge in [0.05, 0.1) is 34.2 Å². The van der Waals surface area contributed by atoms with Crippen molar-refractivity contribution < 1.29 is 8.81 Å². The largest absolute Gasteiger partial charge is 0.464 e. The van der Waals surface area contributed by atoms with E-state index in [-0.39, 0.29) is 16.6 Å². The van der Waals surface area contributed by atoms with Crippen LogP contribution in [0.2, 0.25) is 0 Å². The van der Waals surface area contributed by atoms with E-state index in [1.165, 1.54) is 41.6 Å². The normalized spacial score (nSPS) is 12.5. The molecule has 0 bridgehead atoms. The molecule has 0 aliphatic carbocycles. The number of hydrogen-bond donors (Lipinski definition) is 1. The zero-order valence-corrected chi connectivity index (χ0v) is 19.2. The summed E-state index contributed by atoms with van der Waals surface area (Å²) in [6, 6.07) is 9.64. The van der Waals surface area contributed by atoms with E-state index in [4.69, 9.17) is 9.40 Å². The van der Waals surface area contributed by atoms with Crippen molar-refractivity contribution in [2.24, 2.45) is 0 Å². The van der Waals surface area contributed by atoms with Crippen LogP contribution < -0.4 is 5.56 Å². The highest BCUT2D eigenvalue weighted by Gasteiger charge is 2.20. The smallest absolute Gasteiger partial charge is 0.260 e. The summed E-state index contributed by atoms with van der Waals surface area (Å²) in [5.41, 5.74) is 1.82. The lowest BCUT2D eigenvalue weighted by Crippen LogP contribution is -2.12. The van der Waals surface area contributed by atoms with E-state index in [2.05, 4.69) is 20.1 Å². The zero-order chi connectivity index (χ0) is 23.2. The van der Waals surface area contributed by atoms with Gasteiger partial charge in [0, 0.05) is 10.9 Å². The van der Waals surface area contributed by atoms with Gasteiger partial charge in [-0.25, -0.2) is 24.0 Å². The number of H-pyrrole nitrogens is 1. The molecule has 1 N–H and O–H groups in total. The van der Waals surface area contributed by atoms with E-state index in [9.17, 15) is 9.18 Å². The molecule has 0 amide bonds. The molecule has 0 saturated carbocycles. The molecule has 1 unspecified atom stereocenters. The number of aromatic nitrogens is 6. The van der Waals surface area contributed by atoms with Crippen LogP contribution in [0, 0.1) is 5.82 Å². The molecule has 6 aromatic rings. The third-order valence-electron chi connectivity index (χ3n) is 5.32. The maximum absolute atomic E-state index is 13.3. The summed E-state index contributed by atoms with van der Waals surface area (Å²) in [4.78, 5) is 30.0. The SMILES string of the molecule is CC(Sc1ncnc2c1cnn2-c1ccc(F)cc1)c1nc2scc(-c3ccco3)c2c(=O)[nH]1. The first-order chi connectivity index (χ1) is 16.6. The van der Waals surface area contributed by atoms with Crippen molar-refractivity contribution in [3.05, 3.63) is 82.6 Å². The Bertz CT molecular complexity index is 1690. The Morgan fingerprint density at radius 3 is 2.85 bits per heavy atom. The van der Waals surface area contributed by atoms with Crippen LogP contribution in [0.15, 0.2) is 74.8 Å². The highest BCUT2D eigenvalue weighted by molar-refractivity contribution is 7.99. The number of furan rings is 1. The number of nitrogens with zero attached hydrogens (tertiary/aromatic N) is 5. The van der Waals surface area contributed by atoms with Gasteiger partial charge in [0.2, 0.25) is 0 Å². The highest BCUT2D eigenvalue weighted by atomic mass is 32.2. The van der Waals surface area contributed by atoms with Crippen LogP contribution in [0.1, 0.15) is 18.0 Å². The summed E-state index contributed by atoms with van der Waals surface area (Å²) in [6.07, 6.45) is 4.73. The molecule has 0 spiro atoms. The van der Waals surface area contributed by atoms with Gasteiger partial charge in [-0.05, 0) is 43.3 Å². The number of aromatic amines is 1. The van der Waals surface area contributed by atoms with Crippen molar-refractivity contribution in [2.45, 2.75) is 17.2 Å². The van der Waals surface area contributed by atoms with Crippen molar-refractivity contribution in [3.63, 3.8) is 0 Å². The Morgan fingerprint density at radius 1 is 1.21 bits per heavy atom. The van der Waals surface area contributed by atoms with Gasteiger partial charge in [-0.1, -0.05) is 11.8 Å². The quantitative estimate of drug-likeness (QED) is 0.256.